The van der Waals surface area contributed by atoms with Gasteiger partial charge in [0, 0.05) is 31.3 Å². The Bertz CT molecular complexity index is 1130. The van der Waals surface area contributed by atoms with Gasteiger partial charge in [-0.2, -0.15) is 5.10 Å². The molecule has 1 aliphatic heterocycles. The Labute approximate surface area is 193 Å². The Morgan fingerprint density at radius 1 is 1.06 bits per heavy atom. The predicted molar refractivity (Wildman–Crippen MR) is 125 cm³/mol. The predicted octanol–water partition coefficient (Wildman–Crippen LogP) is 5.42. The monoisotopic (exact) mass is 452 g/mol. The number of aromatic nitrogens is 3. The number of hydrogen-bond acceptors (Lipinski definition) is 4. The molecule has 0 spiro atoms. The van der Waals surface area contributed by atoms with Gasteiger partial charge in [-0.05, 0) is 49.9 Å². The van der Waals surface area contributed by atoms with Crippen LogP contribution in [0.4, 0.5) is 14.6 Å². The molecule has 0 radical (unpaired) electrons. The molecule has 3 heterocycles. The van der Waals surface area contributed by atoms with Crippen LogP contribution in [0.1, 0.15) is 75.0 Å². The Kier molecular flexibility index (Phi) is 7.90. The second kappa shape index (κ2) is 11.2. The largest absolute Gasteiger partial charge is 0.396 e. The van der Waals surface area contributed by atoms with Gasteiger partial charge in [0.25, 0.3) is 0 Å². The number of anilines is 1. The van der Waals surface area contributed by atoms with Crippen LogP contribution < -0.4 is 4.90 Å². The highest BCUT2D eigenvalue weighted by Crippen LogP contribution is 2.36. The molecule has 7 heteroatoms. The number of benzene rings is 1. The first-order valence-corrected chi connectivity index (χ1v) is 11.8. The number of rotatable bonds is 9. The van der Waals surface area contributed by atoms with Gasteiger partial charge in [-0.25, -0.2) is 18.3 Å². The Morgan fingerprint density at radius 2 is 1.88 bits per heavy atom. The maximum atomic E-state index is 14.4. The summed E-state index contributed by atoms with van der Waals surface area (Å²) in [5.74, 6) is 6.33. The van der Waals surface area contributed by atoms with Crippen molar-refractivity contribution in [3.63, 3.8) is 0 Å². The summed E-state index contributed by atoms with van der Waals surface area (Å²) in [6.07, 6.45) is 12.5. The van der Waals surface area contributed by atoms with Crippen molar-refractivity contribution in [2.24, 2.45) is 0 Å². The van der Waals surface area contributed by atoms with Gasteiger partial charge >= 0.3 is 0 Å². The average molecular weight is 453 g/mol. The normalized spacial score (nSPS) is 15.7. The highest BCUT2D eigenvalue weighted by atomic mass is 19.1. The SMILES string of the molecule is OCCCCCCCCC#Cc1cnn2ccc(N3CCCC3c3cc(F)ccc3F)nc12. The van der Waals surface area contributed by atoms with E-state index in [1.165, 1.54) is 18.6 Å². The molecule has 1 saturated heterocycles. The van der Waals surface area contributed by atoms with Gasteiger partial charge in [0.1, 0.15) is 17.5 Å². The van der Waals surface area contributed by atoms with Crippen molar-refractivity contribution < 1.29 is 13.9 Å². The molecule has 2 aromatic heterocycles. The standard InChI is InChI=1S/C26H30F2N4O/c27-21-12-13-23(28)22(18-21)24-11-9-15-31(24)25-14-16-32-26(30-25)20(19-29-32)10-7-5-3-1-2-4-6-8-17-33/h12-14,16,18-19,24,33H,1-6,8-9,11,15,17H2. The fraction of sp³-hybridized carbons (Fsp3) is 0.462. The minimum absolute atomic E-state index is 0.245. The molecule has 1 unspecified atom stereocenters. The lowest BCUT2D eigenvalue weighted by atomic mass is 10.0. The maximum Gasteiger partial charge on any atom is 0.172 e. The van der Waals surface area contributed by atoms with Crippen molar-refractivity contribution in [3.8, 4) is 11.8 Å². The Balaban J connectivity index is 1.44. The number of hydrogen-bond donors (Lipinski definition) is 1. The van der Waals surface area contributed by atoms with Crippen LogP contribution in [0.5, 0.6) is 0 Å². The smallest absolute Gasteiger partial charge is 0.172 e. The zero-order valence-corrected chi connectivity index (χ0v) is 18.8. The number of halogens is 2. The fourth-order valence-electron chi connectivity index (χ4n) is 4.43. The summed E-state index contributed by atoms with van der Waals surface area (Å²) in [6, 6.07) is 5.25. The van der Waals surface area contributed by atoms with Crippen LogP contribution >= 0.6 is 0 Å². The number of aliphatic hydroxyl groups excluding tert-OH is 1. The third-order valence-electron chi connectivity index (χ3n) is 6.15. The first kappa shape index (κ1) is 23.2. The summed E-state index contributed by atoms with van der Waals surface area (Å²) >= 11 is 0. The van der Waals surface area contributed by atoms with E-state index in [4.69, 9.17) is 10.1 Å². The Hall–Kier alpha value is -2.98. The molecule has 1 aliphatic rings. The molecule has 0 amide bonds. The van der Waals surface area contributed by atoms with E-state index < -0.39 is 11.6 Å². The van der Waals surface area contributed by atoms with E-state index in [2.05, 4.69) is 16.9 Å². The van der Waals surface area contributed by atoms with E-state index in [1.54, 1.807) is 10.7 Å². The molecule has 1 fully saturated rings. The number of nitrogens with zero attached hydrogens (tertiary/aromatic N) is 4. The summed E-state index contributed by atoms with van der Waals surface area (Å²) in [7, 11) is 0. The third kappa shape index (κ3) is 5.69. The zero-order valence-electron chi connectivity index (χ0n) is 18.8. The topological polar surface area (TPSA) is 53.7 Å². The van der Waals surface area contributed by atoms with E-state index in [9.17, 15) is 8.78 Å². The summed E-state index contributed by atoms with van der Waals surface area (Å²) in [6.45, 7) is 1.01. The molecule has 3 aromatic rings. The van der Waals surface area contributed by atoms with Gasteiger partial charge in [-0.1, -0.05) is 37.5 Å². The summed E-state index contributed by atoms with van der Waals surface area (Å²) in [5.41, 5.74) is 1.82. The first-order chi connectivity index (χ1) is 16.2. The molecule has 0 bridgehead atoms. The second-order valence-electron chi connectivity index (χ2n) is 8.53. The lowest BCUT2D eigenvalue weighted by Crippen LogP contribution is -2.24. The molecule has 1 N–H and O–H groups in total. The molecule has 4 rings (SSSR count). The van der Waals surface area contributed by atoms with Crippen LogP contribution in [-0.4, -0.2) is 32.9 Å². The minimum Gasteiger partial charge on any atom is -0.396 e. The van der Waals surface area contributed by atoms with Gasteiger partial charge < -0.3 is 10.0 Å². The quantitative estimate of drug-likeness (QED) is 0.348. The van der Waals surface area contributed by atoms with Crippen LogP contribution in [0.3, 0.4) is 0 Å². The number of unbranched alkanes of at least 4 members (excludes halogenated alkanes) is 6. The summed E-state index contributed by atoms with van der Waals surface area (Å²) in [5, 5.41) is 13.2. The fourth-order valence-corrected chi connectivity index (χ4v) is 4.43. The minimum atomic E-state index is -0.430. The van der Waals surface area contributed by atoms with Crippen LogP contribution in [0.2, 0.25) is 0 Å². The lowest BCUT2D eigenvalue weighted by molar-refractivity contribution is 0.282. The number of aliphatic hydroxyl groups is 1. The van der Waals surface area contributed by atoms with Crippen LogP contribution in [0, 0.1) is 23.5 Å². The summed E-state index contributed by atoms with van der Waals surface area (Å²) in [4.78, 5) is 6.83. The van der Waals surface area contributed by atoms with E-state index >= 15 is 0 Å². The van der Waals surface area contributed by atoms with Crippen LogP contribution in [0.15, 0.2) is 36.7 Å². The van der Waals surface area contributed by atoms with E-state index in [1.807, 2.05) is 17.2 Å². The molecule has 0 aliphatic carbocycles. The van der Waals surface area contributed by atoms with E-state index in [0.29, 0.717) is 11.2 Å². The molecule has 174 valence electrons. The molecule has 1 aromatic carbocycles. The Morgan fingerprint density at radius 3 is 2.73 bits per heavy atom. The van der Waals surface area contributed by atoms with Gasteiger partial charge in [0.05, 0.1) is 17.8 Å². The van der Waals surface area contributed by atoms with Gasteiger partial charge in [0.15, 0.2) is 5.65 Å². The molecule has 0 saturated carbocycles. The molecule has 33 heavy (non-hydrogen) atoms. The second-order valence-corrected chi connectivity index (χ2v) is 8.53. The lowest BCUT2D eigenvalue weighted by Gasteiger charge is -2.26. The van der Waals surface area contributed by atoms with E-state index in [0.717, 1.165) is 75.4 Å². The van der Waals surface area contributed by atoms with Crippen molar-refractivity contribution in [2.75, 3.05) is 18.1 Å². The number of fused-ring (bicyclic) bond motifs is 1. The highest BCUT2D eigenvalue weighted by Gasteiger charge is 2.30. The van der Waals surface area contributed by atoms with Crippen molar-refractivity contribution in [1.82, 2.24) is 14.6 Å². The first-order valence-electron chi connectivity index (χ1n) is 11.8. The zero-order chi connectivity index (χ0) is 23.0. The molecule has 1 atom stereocenters. The average Bonchev–Trinajstić information content (AvgIpc) is 3.46. The van der Waals surface area contributed by atoms with Crippen LogP contribution in [0.25, 0.3) is 5.65 Å². The maximum absolute atomic E-state index is 14.4. The van der Waals surface area contributed by atoms with Gasteiger partial charge in [0.2, 0.25) is 0 Å². The van der Waals surface area contributed by atoms with E-state index in [-0.39, 0.29) is 12.6 Å². The highest BCUT2D eigenvalue weighted by molar-refractivity contribution is 5.59. The third-order valence-corrected chi connectivity index (χ3v) is 6.15. The van der Waals surface area contributed by atoms with Gasteiger partial charge in [-0.3, -0.25) is 0 Å². The molecule has 5 nitrogen and oxygen atoms in total. The van der Waals surface area contributed by atoms with Crippen molar-refractivity contribution in [1.29, 1.82) is 0 Å². The van der Waals surface area contributed by atoms with Crippen molar-refractivity contribution in [3.05, 3.63) is 59.4 Å². The van der Waals surface area contributed by atoms with Gasteiger partial charge in [-0.15, -0.1) is 0 Å². The molecular formula is C26H30F2N4O. The summed E-state index contributed by atoms with van der Waals surface area (Å²) < 4.78 is 29.9. The van der Waals surface area contributed by atoms with Crippen molar-refractivity contribution in [2.45, 2.75) is 63.8 Å². The molecular weight excluding hydrogens is 422 g/mol. The van der Waals surface area contributed by atoms with Crippen molar-refractivity contribution >= 4 is 11.5 Å². The van der Waals surface area contributed by atoms with Crippen LogP contribution in [-0.2, 0) is 0 Å².